The van der Waals surface area contributed by atoms with Crippen molar-refractivity contribution in [2.45, 2.75) is 10.8 Å². The molecule has 2 heteroatoms. The van der Waals surface area contributed by atoms with Gasteiger partial charge in [0.2, 0.25) is 0 Å². The molecule has 2 aliphatic carbocycles. The van der Waals surface area contributed by atoms with E-state index in [1.807, 2.05) is 0 Å². The van der Waals surface area contributed by atoms with Crippen LogP contribution in [-0.4, -0.2) is 4.57 Å². The summed E-state index contributed by atoms with van der Waals surface area (Å²) >= 11 is 0. The fourth-order valence-electron chi connectivity index (χ4n) is 14.1. The molecule has 1 unspecified atom stereocenters. The maximum atomic E-state index is 2.53. The van der Waals surface area contributed by atoms with Crippen LogP contribution < -0.4 is 4.90 Å². The molecule has 0 bridgehead atoms. The maximum absolute atomic E-state index is 2.53. The third-order valence-electron chi connectivity index (χ3n) is 17.1. The molecule has 0 radical (unpaired) electrons. The number of hydrogen-bond acceptors (Lipinski definition) is 1. The number of fused-ring (bicyclic) bond motifs is 15. The summed E-state index contributed by atoms with van der Waals surface area (Å²) in [5.74, 6) is 0. The van der Waals surface area contributed by atoms with Crippen molar-refractivity contribution in [3.63, 3.8) is 0 Å². The summed E-state index contributed by atoms with van der Waals surface area (Å²) < 4.78 is 2.53. The van der Waals surface area contributed by atoms with Crippen molar-refractivity contribution in [1.82, 2.24) is 4.57 Å². The van der Waals surface area contributed by atoms with Crippen molar-refractivity contribution in [1.29, 1.82) is 0 Å². The highest BCUT2D eigenvalue weighted by atomic mass is 15.1. The van der Waals surface area contributed by atoms with Crippen molar-refractivity contribution in [3.05, 3.63) is 336 Å². The quantitative estimate of drug-likeness (QED) is 0.155. The molecular weight excluding hydrogens is 917 g/mol. The number of rotatable bonds is 7. The van der Waals surface area contributed by atoms with Crippen molar-refractivity contribution < 1.29 is 0 Å². The zero-order valence-corrected chi connectivity index (χ0v) is 41.6. The first-order valence-corrected chi connectivity index (χ1v) is 26.5. The third kappa shape index (κ3) is 5.76. The van der Waals surface area contributed by atoms with Crippen molar-refractivity contribution >= 4 is 38.9 Å². The van der Waals surface area contributed by atoms with E-state index in [0.29, 0.717) is 0 Å². The summed E-state index contributed by atoms with van der Waals surface area (Å²) in [5.41, 5.74) is 26.0. The lowest BCUT2D eigenvalue weighted by Gasteiger charge is -2.40. The van der Waals surface area contributed by atoms with Crippen molar-refractivity contribution in [2.75, 3.05) is 4.90 Å². The predicted molar refractivity (Wildman–Crippen MR) is 315 cm³/mol. The fraction of sp³-hybridized carbons (Fsp3) is 0.0270. The lowest BCUT2D eigenvalue weighted by Crippen LogP contribution is -2.33. The fourth-order valence-corrected chi connectivity index (χ4v) is 14.1. The van der Waals surface area contributed by atoms with Gasteiger partial charge in [-0.2, -0.15) is 0 Å². The minimum Gasteiger partial charge on any atom is -0.310 e. The normalized spacial score (nSPS) is 15.0. The first-order chi connectivity index (χ1) is 37.7. The van der Waals surface area contributed by atoms with Gasteiger partial charge in [0.05, 0.1) is 33.2 Å². The highest BCUT2D eigenvalue weighted by Gasteiger charge is 2.51. The SMILES string of the molecule is c1ccc(-c2ccc(-c3ccccc3N(c3ccc(C4(c5ccccc5)c5ccccc5-c5ccccc54)cc3)c3ccc4c(c3)C3(c5ccccc5-4)c4ccccc4-n4c5ccccc5c5cccc3c54)cc2)cc1. The molecule has 1 atom stereocenters. The van der Waals surface area contributed by atoms with E-state index in [2.05, 4.69) is 301 Å². The monoisotopic (exact) mass is 964 g/mol. The smallest absolute Gasteiger partial charge is 0.0755 e. The van der Waals surface area contributed by atoms with Gasteiger partial charge in [-0.25, -0.2) is 0 Å². The van der Waals surface area contributed by atoms with Gasteiger partial charge >= 0.3 is 0 Å². The van der Waals surface area contributed by atoms with Gasteiger partial charge in [0, 0.05) is 27.7 Å². The molecule has 0 N–H and O–H groups in total. The Kier molecular flexibility index (Phi) is 9.20. The second kappa shape index (κ2) is 16.4. The second-order valence-electron chi connectivity index (χ2n) is 20.6. The zero-order valence-electron chi connectivity index (χ0n) is 41.6. The van der Waals surface area contributed by atoms with Gasteiger partial charge < -0.3 is 9.47 Å². The van der Waals surface area contributed by atoms with Crippen LogP contribution in [0.15, 0.2) is 291 Å². The Morgan fingerprint density at radius 3 is 1.47 bits per heavy atom. The summed E-state index contributed by atoms with van der Waals surface area (Å²) in [6, 6.07) is 109. The van der Waals surface area contributed by atoms with Gasteiger partial charge in [-0.05, 0) is 126 Å². The molecule has 3 aliphatic rings. The van der Waals surface area contributed by atoms with E-state index < -0.39 is 10.8 Å². The van der Waals surface area contributed by atoms with Gasteiger partial charge in [-0.15, -0.1) is 0 Å². The minimum absolute atomic E-state index is 0.514. The van der Waals surface area contributed by atoms with E-state index in [1.54, 1.807) is 0 Å². The van der Waals surface area contributed by atoms with E-state index in [1.165, 1.54) is 105 Å². The minimum atomic E-state index is -0.601. The summed E-state index contributed by atoms with van der Waals surface area (Å²) in [4.78, 5) is 2.51. The first-order valence-electron chi connectivity index (χ1n) is 26.5. The average molecular weight is 965 g/mol. The Bertz CT molecular complexity index is 4410. The van der Waals surface area contributed by atoms with Crippen molar-refractivity contribution in [2.24, 2.45) is 0 Å². The number of benzene rings is 12. The van der Waals surface area contributed by atoms with Crippen LogP contribution in [0.1, 0.15) is 44.5 Å². The highest BCUT2D eigenvalue weighted by molar-refractivity contribution is 6.13. The molecule has 1 aromatic heterocycles. The number of hydrogen-bond donors (Lipinski definition) is 0. The molecule has 76 heavy (non-hydrogen) atoms. The zero-order chi connectivity index (χ0) is 50.0. The molecule has 16 rings (SSSR count). The highest BCUT2D eigenvalue weighted by Crippen LogP contribution is 2.62. The van der Waals surface area contributed by atoms with E-state index in [0.717, 1.165) is 28.2 Å². The molecular formula is C74H48N2. The van der Waals surface area contributed by atoms with Gasteiger partial charge in [0.15, 0.2) is 0 Å². The number of nitrogens with zero attached hydrogens (tertiary/aromatic N) is 2. The van der Waals surface area contributed by atoms with Crippen LogP contribution in [0.5, 0.6) is 0 Å². The molecule has 13 aromatic rings. The molecule has 0 fully saturated rings. The van der Waals surface area contributed by atoms with Crippen LogP contribution in [0.25, 0.3) is 72.0 Å². The standard InChI is InChI=1S/C74H48N2/c1-3-20-49(21-4-1)50-38-40-51(41-39-50)56-24-10-16-35-69(56)75(54-44-42-53(43-45-54)73(52-22-5-2-6-23-52)63-30-12-7-25-57(63)58-26-8-13-31-64(58)73)55-46-47-60-59-27-9-14-32-65(59)74(68(60)48-55)66-33-15-18-37-71(66)76-70-36-17-11-28-61(70)62-29-19-34-67(74)72(62)76/h1-48H. The molecule has 0 saturated heterocycles. The average Bonchev–Trinajstić information content (AvgIpc) is 4.32. The molecule has 354 valence electrons. The number of anilines is 3. The van der Waals surface area contributed by atoms with Crippen LogP contribution in [0, 0.1) is 0 Å². The van der Waals surface area contributed by atoms with E-state index in [9.17, 15) is 0 Å². The van der Waals surface area contributed by atoms with Crippen LogP contribution in [-0.2, 0) is 10.8 Å². The summed E-state index contributed by atoms with van der Waals surface area (Å²) in [6.07, 6.45) is 0. The molecule has 2 heterocycles. The second-order valence-corrected chi connectivity index (χ2v) is 20.6. The van der Waals surface area contributed by atoms with E-state index >= 15 is 0 Å². The van der Waals surface area contributed by atoms with Gasteiger partial charge in [0.1, 0.15) is 0 Å². The molecule has 1 aliphatic heterocycles. The van der Waals surface area contributed by atoms with Gasteiger partial charge in [0.25, 0.3) is 0 Å². The number of para-hydroxylation sites is 4. The summed E-state index contributed by atoms with van der Waals surface area (Å²) in [6.45, 7) is 0. The van der Waals surface area contributed by atoms with Gasteiger partial charge in [-0.3, -0.25) is 0 Å². The third-order valence-corrected chi connectivity index (χ3v) is 17.1. The largest absolute Gasteiger partial charge is 0.310 e. The van der Waals surface area contributed by atoms with Crippen LogP contribution >= 0.6 is 0 Å². The Morgan fingerprint density at radius 2 is 0.763 bits per heavy atom. The van der Waals surface area contributed by atoms with Crippen LogP contribution in [0.4, 0.5) is 17.1 Å². The molecule has 1 spiro atoms. The van der Waals surface area contributed by atoms with Crippen molar-refractivity contribution in [3.8, 4) is 50.2 Å². The molecule has 0 saturated carbocycles. The molecule has 12 aromatic carbocycles. The van der Waals surface area contributed by atoms with Crippen LogP contribution in [0.2, 0.25) is 0 Å². The van der Waals surface area contributed by atoms with E-state index in [4.69, 9.17) is 0 Å². The molecule has 0 amide bonds. The van der Waals surface area contributed by atoms with E-state index in [-0.39, 0.29) is 0 Å². The maximum Gasteiger partial charge on any atom is 0.0755 e. The first kappa shape index (κ1) is 42.7. The topological polar surface area (TPSA) is 8.17 Å². The Morgan fingerprint density at radius 1 is 0.276 bits per heavy atom. The Balaban J connectivity index is 0.946. The Labute approximate surface area is 442 Å². The lowest BCUT2D eigenvalue weighted by molar-refractivity contribution is 0.748. The Hall–Kier alpha value is -9.76. The lowest BCUT2D eigenvalue weighted by atomic mass is 9.65. The summed E-state index contributed by atoms with van der Waals surface area (Å²) in [5, 5.41) is 2.55. The summed E-state index contributed by atoms with van der Waals surface area (Å²) in [7, 11) is 0. The number of aromatic nitrogens is 1. The molecule has 2 nitrogen and oxygen atoms in total. The predicted octanol–water partition coefficient (Wildman–Crippen LogP) is 18.6. The van der Waals surface area contributed by atoms with Crippen LogP contribution in [0.3, 0.4) is 0 Å². The van der Waals surface area contributed by atoms with Gasteiger partial charge in [-0.1, -0.05) is 249 Å².